The van der Waals surface area contributed by atoms with Crippen molar-refractivity contribution in [3.63, 3.8) is 0 Å². The fourth-order valence-electron chi connectivity index (χ4n) is 2.82. The molecule has 1 aromatic carbocycles. The molecule has 2 heterocycles. The highest BCUT2D eigenvalue weighted by atomic mass is 32.2. The minimum atomic E-state index is -3.75. The van der Waals surface area contributed by atoms with Gasteiger partial charge >= 0.3 is 11.1 Å². The third-order valence-corrected chi connectivity index (χ3v) is 5.82. The summed E-state index contributed by atoms with van der Waals surface area (Å²) in [6, 6.07) is 8.99. The molecule has 0 atom stereocenters. The Hall–Kier alpha value is -3.01. The number of nitrogens with two attached hydrogens (primary N) is 1. The fourth-order valence-corrected chi connectivity index (χ4v) is 4.00. The van der Waals surface area contributed by atoms with Gasteiger partial charge in [0.05, 0.1) is 12.3 Å². The standard InChI is InChI=1S/C17H19N5O4S/c1-3-9-27(25,26)17-19-13(18)12-14(20-17)22(16(24)15(23)21(12)2)10-11-7-5-4-6-8-11/h4-8H,3,9-10H2,1-2H3,(H2,18,19,20). The van der Waals surface area contributed by atoms with Crippen molar-refractivity contribution in [2.75, 3.05) is 11.5 Å². The van der Waals surface area contributed by atoms with Crippen LogP contribution in [0.4, 0.5) is 5.82 Å². The second kappa shape index (κ2) is 6.95. The van der Waals surface area contributed by atoms with E-state index in [1.54, 1.807) is 31.2 Å². The van der Waals surface area contributed by atoms with Crippen LogP contribution in [0.2, 0.25) is 0 Å². The Morgan fingerprint density at radius 1 is 1.07 bits per heavy atom. The number of hydrogen-bond acceptors (Lipinski definition) is 7. The minimum absolute atomic E-state index is 0.00753. The van der Waals surface area contributed by atoms with Crippen LogP contribution in [0.5, 0.6) is 0 Å². The summed E-state index contributed by atoms with van der Waals surface area (Å²) in [6.45, 7) is 1.77. The van der Waals surface area contributed by atoms with Gasteiger partial charge in [-0.1, -0.05) is 37.3 Å². The average Bonchev–Trinajstić information content (AvgIpc) is 2.63. The van der Waals surface area contributed by atoms with Crippen molar-refractivity contribution in [2.24, 2.45) is 7.05 Å². The van der Waals surface area contributed by atoms with Crippen molar-refractivity contribution >= 4 is 26.8 Å². The second-order valence-electron chi connectivity index (χ2n) is 6.12. The number of aryl methyl sites for hydroxylation is 1. The number of nitrogen functional groups attached to an aromatic ring is 1. The number of rotatable bonds is 5. The van der Waals surface area contributed by atoms with Gasteiger partial charge in [0.25, 0.3) is 5.16 Å². The minimum Gasteiger partial charge on any atom is -0.382 e. The van der Waals surface area contributed by atoms with Gasteiger partial charge in [0.2, 0.25) is 9.84 Å². The highest BCUT2D eigenvalue weighted by Crippen LogP contribution is 2.18. The summed E-state index contributed by atoms with van der Waals surface area (Å²) in [4.78, 5) is 32.9. The van der Waals surface area contributed by atoms with Crippen LogP contribution in [0.25, 0.3) is 11.2 Å². The van der Waals surface area contributed by atoms with E-state index in [1.165, 1.54) is 7.05 Å². The van der Waals surface area contributed by atoms with E-state index in [-0.39, 0.29) is 29.3 Å². The van der Waals surface area contributed by atoms with Gasteiger partial charge in [-0.15, -0.1) is 0 Å². The van der Waals surface area contributed by atoms with Crippen molar-refractivity contribution in [1.82, 2.24) is 19.1 Å². The van der Waals surface area contributed by atoms with Gasteiger partial charge in [-0.25, -0.2) is 8.42 Å². The smallest absolute Gasteiger partial charge is 0.318 e. The molecular formula is C17H19N5O4S. The van der Waals surface area contributed by atoms with Crippen molar-refractivity contribution in [2.45, 2.75) is 25.0 Å². The number of benzene rings is 1. The first-order valence-electron chi connectivity index (χ1n) is 8.30. The van der Waals surface area contributed by atoms with E-state index in [9.17, 15) is 18.0 Å². The lowest BCUT2D eigenvalue weighted by Crippen LogP contribution is -2.41. The van der Waals surface area contributed by atoms with Gasteiger partial charge in [-0.05, 0) is 12.0 Å². The fraction of sp³-hybridized carbons (Fsp3) is 0.294. The van der Waals surface area contributed by atoms with Gasteiger partial charge in [0, 0.05) is 7.05 Å². The molecule has 0 aliphatic rings. The third-order valence-electron chi connectivity index (χ3n) is 4.13. The lowest BCUT2D eigenvalue weighted by atomic mass is 10.2. The van der Waals surface area contributed by atoms with E-state index in [1.807, 2.05) is 6.07 Å². The van der Waals surface area contributed by atoms with Crippen molar-refractivity contribution in [1.29, 1.82) is 0 Å². The van der Waals surface area contributed by atoms with Gasteiger partial charge in [0.15, 0.2) is 11.5 Å². The molecule has 0 radical (unpaired) electrons. The Morgan fingerprint density at radius 3 is 2.37 bits per heavy atom. The Morgan fingerprint density at radius 2 is 1.74 bits per heavy atom. The largest absolute Gasteiger partial charge is 0.382 e. The van der Waals surface area contributed by atoms with E-state index in [2.05, 4.69) is 9.97 Å². The molecule has 0 amide bonds. The van der Waals surface area contributed by atoms with Crippen LogP contribution in [-0.4, -0.2) is 33.3 Å². The molecule has 0 unspecified atom stereocenters. The molecule has 10 heteroatoms. The molecule has 0 saturated carbocycles. The maximum Gasteiger partial charge on any atom is 0.318 e. The summed E-state index contributed by atoms with van der Waals surface area (Å²) >= 11 is 0. The van der Waals surface area contributed by atoms with Crippen LogP contribution >= 0.6 is 0 Å². The SMILES string of the molecule is CCCS(=O)(=O)c1nc(N)c2c(n1)n(Cc1ccccc1)c(=O)c(=O)n2C. The highest BCUT2D eigenvalue weighted by Gasteiger charge is 2.23. The van der Waals surface area contributed by atoms with Crippen LogP contribution in [0, 0.1) is 0 Å². The number of nitrogens with zero attached hydrogens (tertiary/aromatic N) is 4. The predicted molar refractivity (Wildman–Crippen MR) is 101 cm³/mol. The maximum atomic E-state index is 12.6. The molecule has 0 aliphatic heterocycles. The van der Waals surface area contributed by atoms with E-state index in [0.717, 1.165) is 14.7 Å². The molecule has 27 heavy (non-hydrogen) atoms. The Balaban J connectivity index is 2.38. The van der Waals surface area contributed by atoms with Gasteiger partial charge < -0.3 is 10.3 Å². The third kappa shape index (κ3) is 3.35. The normalized spacial score (nSPS) is 11.8. The molecule has 2 aromatic heterocycles. The van der Waals surface area contributed by atoms with Crippen LogP contribution < -0.4 is 16.9 Å². The zero-order valence-electron chi connectivity index (χ0n) is 14.9. The summed E-state index contributed by atoms with van der Waals surface area (Å²) in [5, 5.41) is -0.450. The lowest BCUT2D eigenvalue weighted by Gasteiger charge is -2.14. The van der Waals surface area contributed by atoms with Crippen LogP contribution in [0.15, 0.2) is 45.1 Å². The van der Waals surface area contributed by atoms with Crippen LogP contribution in [0.3, 0.4) is 0 Å². The maximum absolute atomic E-state index is 12.6. The van der Waals surface area contributed by atoms with E-state index in [0.29, 0.717) is 6.42 Å². The zero-order valence-corrected chi connectivity index (χ0v) is 15.7. The predicted octanol–water partition coefficient (Wildman–Crippen LogP) is 0.304. The first kappa shape index (κ1) is 18.8. The first-order valence-corrected chi connectivity index (χ1v) is 9.95. The van der Waals surface area contributed by atoms with Crippen LogP contribution in [-0.2, 0) is 23.4 Å². The highest BCUT2D eigenvalue weighted by molar-refractivity contribution is 7.91. The molecule has 3 aromatic rings. The number of hydrogen-bond donors (Lipinski definition) is 1. The number of aromatic nitrogens is 4. The molecule has 0 spiro atoms. The monoisotopic (exact) mass is 389 g/mol. The summed E-state index contributed by atoms with van der Waals surface area (Å²) < 4.78 is 27.0. The molecule has 0 saturated heterocycles. The Labute approximate surface area is 155 Å². The number of fused-ring (bicyclic) bond motifs is 1. The van der Waals surface area contributed by atoms with Gasteiger partial charge in [-0.3, -0.25) is 14.2 Å². The second-order valence-corrected chi connectivity index (χ2v) is 8.13. The van der Waals surface area contributed by atoms with Gasteiger partial charge in [0.1, 0.15) is 5.52 Å². The molecule has 142 valence electrons. The van der Waals surface area contributed by atoms with Crippen molar-refractivity contribution in [3.05, 3.63) is 56.6 Å². The molecule has 3 rings (SSSR count). The topological polar surface area (TPSA) is 130 Å². The molecule has 0 fully saturated rings. The summed E-state index contributed by atoms with van der Waals surface area (Å²) in [7, 11) is -2.38. The first-order chi connectivity index (χ1) is 12.8. The number of anilines is 1. The summed E-state index contributed by atoms with van der Waals surface area (Å²) in [6.07, 6.45) is 0.383. The molecular weight excluding hydrogens is 370 g/mol. The number of sulfone groups is 1. The van der Waals surface area contributed by atoms with Crippen molar-refractivity contribution in [3.8, 4) is 0 Å². The van der Waals surface area contributed by atoms with E-state index < -0.39 is 26.1 Å². The van der Waals surface area contributed by atoms with E-state index in [4.69, 9.17) is 5.73 Å². The summed E-state index contributed by atoms with van der Waals surface area (Å²) in [5.41, 5.74) is 5.21. The summed E-state index contributed by atoms with van der Waals surface area (Å²) in [5.74, 6) is -0.316. The molecule has 2 N–H and O–H groups in total. The van der Waals surface area contributed by atoms with E-state index >= 15 is 0 Å². The Kier molecular flexibility index (Phi) is 4.83. The zero-order chi connectivity index (χ0) is 19.8. The van der Waals surface area contributed by atoms with Gasteiger partial charge in [-0.2, -0.15) is 9.97 Å². The average molecular weight is 389 g/mol. The molecule has 9 nitrogen and oxygen atoms in total. The quantitative estimate of drug-likeness (QED) is 0.491. The molecule has 0 bridgehead atoms. The lowest BCUT2D eigenvalue weighted by molar-refractivity contribution is 0.585. The molecule has 0 aliphatic carbocycles. The van der Waals surface area contributed by atoms with Crippen molar-refractivity contribution < 1.29 is 8.42 Å². The Bertz CT molecular complexity index is 1230. The van der Waals surface area contributed by atoms with Crippen LogP contribution in [0.1, 0.15) is 18.9 Å².